The zero-order chi connectivity index (χ0) is 14.7. The van der Waals surface area contributed by atoms with Crippen LogP contribution in [0.15, 0.2) is 34.7 Å². The number of hydrogen-bond acceptors (Lipinski definition) is 3. The molecule has 1 aromatic carbocycles. The normalized spacial score (nSPS) is 18.4. The van der Waals surface area contributed by atoms with E-state index >= 15 is 0 Å². The molecule has 2 N–H and O–H groups in total. The third-order valence-electron chi connectivity index (χ3n) is 4.24. The van der Waals surface area contributed by atoms with Crippen molar-refractivity contribution in [2.75, 3.05) is 6.54 Å². The van der Waals surface area contributed by atoms with E-state index in [2.05, 4.69) is 16.1 Å². The van der Waals surface area contributed by atoms with Crippen molar-refractivity contribution in [2.24, 2.45) is 0 Å². The second-order valence-electron chi connectivity index (χ2n) is 5.79. The van der Waals surface area contributed by atoms with Gasteiger partial charge in [0.15, 0.2) is 0 Å². The summed E-state index contributed by atoms with van der Waals surface area (Å²) in [5.41, 5.74) is 3.68. The van der Waals surface area contributed by atoms with Gasteiger partial charge in [-0.15, -0.1) is 0 Å². The molecule has 114 valence electrons. The number of hydrogen-bond donors (Lipinski definition) is 2. The largest absolute Gasteiger partial charge is 0.309 e. The summed E-state index contributed by atoms with van der Waals surface area (Å²) in [7, 11) is -3.39. The van der Waals surface area contributed by atoms with Crippen LogP contribution in [0.1, 0.15) is 43.2 Å². The monoisotopic (exact) mass is 306 g/mol. The fourth-order valence-corrected chi connectivity index (χ4v) is 4.08. The van der Waals surface area contributed by atoms with Crippen molar-refractivity contribution >= 4 is 10.0 Å². The van der Waals surface area contributed by atoms with Crippen LogP contribution in [0.25, 0.3) is 0 Å². The molecule has 21 heavy (non-hydrogen) atoms. The molecule has 0 bridgehead atoms. The van der Waals surface area contributed by atoms with Crippen LogP contribution < -0.4 is 10.0 Å². The second-order valence-corrected chi connectivity index (χ2v) is 7.56. The molecule has 0 amide bonds. The van der Waals surface area contributed by atoms with Gasteiger partial charge in [0, 0.05) is 19.6 Å². The third kappa shape index (κ3) is 3.54. The number of rotatable bonds is 5. The summed E-state index contributed by atoms with van der Waals surface area (Å²) in [6.07, 6.45) is 7.84. The van der Waals surface area contributed by atoms with Gasteiger partial charge in [0.05, 0.1) is 4.90 Å². The van der Waals surface area contributed by atoms with Gasteiger partial charge in [-0.3, -0.25) is 0 Å². The van der Waals surface area contributed by atoms with Crippen LogP contribution in [0.4, 0.5) is 0 Å². The van der Waals surface area contributed by atoms with Crippen LogP contribution in [-0.4, -0.2) is 15.0 Å². The highest BCUT2D eigenvalue weighted by Gasteiger charge is 2.18. The summed E-state index contributed by atoms with van der Waals surface area (Å²) >= 11 is 0. The number of allylic oxidation sites excluding steroid dienone is 1. The maximum Gasteiger partial charge on any atom is 0.240 e. The van der Waals surface area contributed by atoms with Crippen LogP contribution in [0.2, 0.25) is 0 Å². The van der Waals surface area contributed by atoms with Gasteiger partial charge in [-0.1, -0.05) is 17.7 Å². The topological polar surface area (TPSA) is 58.2 Å². The summed E-state index contributed by atoms with van der Waals surface area (Å²) in [5, 5.41) is 3.23. The molecule has 4 nitrogen and oxygen atoms in total. The van der Waals surface area contributed by atoms with E-state index in [9.17, 15) is 8.42 Å². The van der Waals surface area contributed by atoms with E-state index in [4.69, 9.17) is 0 Å². The Hall–Kier alpha value is -1.17. The van der Waals surface area contributed by atoms with Gasteiger partial charge in [0.2, 0.25) is 10.0 Å². The molecule has 0 saturated heterocycles. The van der Waals surface area contributed by atoms with E-state index in [1.165, 1.54) is 24.0 Å². The fraction of sp³-hybridized carbons (Fsp3) is 0.500. The van der Waals surface area contributed by atoms with Crippen LogP contribution in [0.5, 0.6) is 0 Å². The Bertz CT molecular complexity index is 650. The van der Waals surface area contributed by atoms with E-state index in [1.54, 1.807) is 12.1 Å². The molecule has 3 rings (SSSR count). The number of sulfonamides is 1. The SMILES string of the molecule is O=S(=O)(NCCC1=CCCCC1)c1ccc2c(c1)CNC2. The van der Waals surface area contributed by atoms with Gasteiger partial charge < -0.3 is 5.32 Å². The molecule has 0 radical (unpaired) electrons. The lowest BCUT2D eigenvalue weighted by molar-refractivity contribution is 0.579. The molecule has 2 aliphatic rings. The lowest BCUT2D eigenvalue weighted by Crippen LogP contribution is -2.25. The molecule has 0 atom stereocenters. The van der Waals surface area contributed by atoms with E-state index in [-0.39, 0.29) is 0 Å². The summed E-state index contributed by atoms with van der Waals surface area (Å²) in [5.74, 6) is 0. The van der Waals surface area contributed by atoms with E-state index in [0.717, 1.165) is 37.9 Å². The van der Waals surface area contributed by atoms with Crippen molar-refractivity contribution in [3.63, 3.8) is 0 Å². The van der Waals surface area contributed by atoms with Crippen molar-refractivity contribution in [3.05, 3.63) is 41.0 Å². The average Bonchev–Trinajstić information content (AvgIpc) is 2.95. The molecular weight excluding hydrogens is 284 g/mol. The zero-order valence-corrected chi connectivity index (χ0v) is 13.0. The first-order chi connectivity index (χ1) is 10.1. The first kappa shape index (κ1) is 14.8. The Kier molecular flexibility index (Phi) is 4.42. The van der Waals surface area contributed by atoms with Crippen molar-refractivity contribution in [1.29, 1.82) is 0 Å². The van der Waals surface area contributed by atoms with Gasteiger partial charge in [-0.25, -0.2) is 13.1 Å². The fourth-order valence-electron chi connectivity index (χ4n) is 3.00. The van der Waals surface area contributed by atoms with Crippen LogP contribution in [0, 0.1) is 0 Å². The van der Waals surface area contributed by atoms with E-state index < -0.39 is 10.0 Å². The Morgan fingerprint density at radius 2 is 2.00 bits per heavy atom. The highest BCUT2D eigenvalue weighted by atomic mass is 32.2. The molecule has 1 aliphatic carbocycles. The van der Waals surface area contributed by atoms with E-state index in [1.807, 2.05) is 6.07 Å². The van der Waals surface area contributed by atoms with Crippen molar-refractivity contribution in [2.45, 2.75) is 50.1 Å². The number of benzene rings is 1. The second kappa shape index (κ2) is 6.30. The molecule has 1 heterocycles. The highest BCUT2D eigenvalue weighted by Crippen LogP contribution is 2.21. The molecule has 1 aromatic rings. The summed E-state index contributed by atoms with van der Waals surface area (Å²) in [4.78, 5) is 0.377. The summed E-state index contributed by atoms with van der Waals surface area (Å²) in [6, 6.07) is 5.40. The van der Waals surface area contributed by atoms with Gasteiger partial charge in [-0.05, 0) is 55.4 Å². The lowest BCUT2D eigenvalue weighted by Gasteiger charge is -2.13. The van der Waals surface area contributed by atoms with E-state index in [0.29, 0.717) is 11.4 Å². The van der Waals surface area contributed by atoms with Crippen molar-refractivity contribution in [3.8, 4) is 0 Å². The minimum absolute atomic E-state index is 0.377. The molecule has 0 unspecified atom stereocenters. The Labute approximate surface area is 126 Å². The molecule has 0 fully saturated rings. The average molecular weight is 306 g/mol. The van der Waals surface area contributed by atoms with Crippen molar-refractivity contribution in [1.82, 2.24) is 10.0 Å². The minimum Gasteiger partial charge on any atom is -0.309 e. The minimum atomic E-state index is -3.39. The van der Waals surface area contributed by atoms with Gasteiger partial charge >= 0.3 is 0 Å². The number of fused-ring (bicyclic) bond motifs is 1. The quantitative estimate of drug-likeness (QED) is 0.822. The first-order valence-corrected chi connectivity index (χ1v) is 9.13. The summed E-state index contributed by atoms with van der Waals surface area (Å²) < 4.78 is 27.4. The van der Waals surface area contributed by atoms with Crippen LogP contribution in [-0.2, 0) is 23.1 Å². The summed E-state index contributed by atoms with van der Waals surface area (Å²) in [6.45, 7) is 2.08. The molecular formula is C16H22N2O2S. The maximum absolute atomic E-state index is 12.3. The predicted molar refractivity (Wildman–Crippen MR) is 83.3 cm³/mol. The van der Waals surface area contributed by atoms with Gasteiger partial charge in [0.25, 0.3) is 0 Å². The Morgan fingerprint density at radius 3 is 2.81 bits per heavy atom. The molecule has 0 spiro atoms. The van der Waals surface area contributed by atoms with Gasteiger partial charge in [-0.2, -0.15) is 0 Å². The highest BCUT2D eigenvalue weighted by molar-refractivity contribution is 7.89. The molecule has 0 aromatic heterocycles. The van der Waals surface area contributed by atoms with Crippen molar-refractivity contribution < 1.29 is 8.42 Å². The molecule has 5 heteroatoms. The molecule has 0 saturated carbocycles. The lowest BCUT2D eigenvalue weighted by atomic mass is 9.97. The predicted octanol–water partition coefficient (Wildman–Crippen LogP) is 2.46. The first-order valence-electron chi connectivity index (χ1n) is 7.65. The Morgan fingerprint density at radius 1 is 1.14 bits per heavy atom. The van der Waals surface area contributed by atoms with Crippen LogP contribution >= 0.6 is 0 Å². The smallest absolute Gasteiger partial charge is 0.240 e. The third-order valence-corrected chi connectivity index (χ3v) is 5.70. The maximum atomic E-state index is 12.3. The van der Waals surface area contributed by atoms with Gasteiger partial charge in [0.1, 0.15) is 0 Å². The molecule has 1 aliphatic heterocycles. The zero-order valence-electron chi connectivity index (χ0n) is 12.2. The Balaban J connectivity index is 1.62. The van der Waals surface area contributed by atoms with Crippen LogP contribution in [0.3, 0.4) is 0 Å². The standard InChI is InChI=1S/C16H22N2O2S/c19-21(20,18-9-8-13-4-2-1-3-5-13)16-7-6-14-11-17-12-15(14)10-16/h4,6-7,10,17-18H,1-3,5,8-9,11-12H2. The number of nitrogens with one attached hydrogen (secondary N) is 2.